The summed E-state index contributed by atoms with van der Waals surface area (Å²) in [5, 5.41) is 181. The van der Waals surface area contributed by atoms with Crippen molar-refractivity contribution in [1.29, 1.82) is 0 Å². The molecule has 30 nitrogen and oxygen atoms in total. The van der Waals surface area contributed by atoms with E-state index in [1.807, 2.05) is 0 Å². The second-order valence-electron chi connectivity index (χ2n) is 17.1. The zero-order chi connectivity index (χ0) is 56.6. The van der Waals surface area contributed by atoms with Crippen LogP contribution in [0.5, 0.6) is 92.0 Å². The van der Waals surface area contributed by atoms with Gasteiger partial charge in [0.2, 0.25) is 35.0 Å². The number of aliphatic hydroxyl groups is 1. The molecule has 6 aromatic carbocycles. The molecule has 78 heavy (non-hydrogen) atoms. The van der Waals surface area contributed by atoms with E-state index in [1.165, 1.54) is 0 Å². The largest absolute Gasteiger partial charge is 0.504 e. The highest BCUT2D eigenvalue weighted by atomic mass is 16.7. The molecule has 2 aromatic heterocycles. The first-order chi connectivity index (χ1) is 36.7. The number of hydrogen-bond acceptors (Lipinski definition) is 30. The first-order valence-corrected chi connectivity index (χ1v) is 21.6. The minimum atomic E-state index is -2.75. The molecular formula is C48H30O30. The van der Waals surface area contributed by atoms with Crippen LogP contribution in [0.4, 0.5) is 0 Å². The highest BCUT2D eigenvalue weighted by Crippen LogP contribution is 2.56. The van der Waals surface area contributed by atoms with Crippen molar-refractivity contribution in [1.82, 2.24) is 0 Å². The predicted molar refractivity (Wildman–Crippen MR) is 246 cm³/mol. The van der Waals surface area contributed by atoms with Gasteiger partial charge in [-0.05, 0) is 36.4 Å². The molecule has 1 fully saturated rings. The van der Waals surface area contributed by atoms with Gasteiger partial charge < -0.3 is 119 Å². The Bertz CT molecular complexity index is 4110. The molecule has 5 atom stereocenters. The van der Waals surface area contributed by atoms with Crippen molar-refractivity contribution in [3.63, 3.8) is 0 Å². The van der Waals surface area contributed by atoms with Crippen molar-refractivity contribution < 1.29 is 139 Å². The number of carbonyl (C=O) groups is 4. The number of carbonyl (C=O) groups excluding carboxylic acids is 4. The van der Waals surface area contributed by atoms with Crippen molar-refractivity contribution in [3.8, 4) is 114 Å². The van der Waals surface area contributed by atoms with Crippen LogP contribution in [0.3, 0.4) is 0 Å². The van der Waals surface area contributed by atoms with E-state index < -0.39 is 242 Å². The molecule has 0 aliphatic carbocycles. The number of aliphatic hydroxyl groups excluding tert-OH is 1. The number of aromatic hydroxyl groups is 16. The lowest BCUT2D eigenvalue weighted by Crippen LogP contribution is -2.62. The summed E-state index contributed by atoms with van der Waals surface area (Å²) >= 11 is 0. The molecular weight excluding hydrogens is 1060 g/mol. The van der Waals surface area contributed by atoms with Gasteiger partial charge in [-0.25, -0.2) is 28.8 Å². The molecule has 10 rings (SSSR count). The van der Waals surface area contributed by atoms with Crippen LogP contribution in [0.25, 0.3) is 55.0 Å². The number of benzene rings is 6. The minimum absolute atomic E-state index is 0.283. The molecule has 0 bridgehead atoms. The van der Waals surface area contributed by atoms with Crippen molar-refractivity contribution in [2.24, 2.45) is 0 Å². The first-order valence-electron chi connectivity index (χ1n) is 21.6. The van der Waals surface area contributed by atoms with Gasteiger partial charge >= 0.3 is 35.1 Å². The van der Waals surface area contributed by atoms with Gasteiger partial charge in [0.05, 0.1) is 33.0 Å². The van der Waals surface area contributed by atoms with Crippen LogP contribution in [-0.4, -0.2) is 148 Å². The van der Waals surface area contributed by atoms with Gasteiger partial charge in [0.15, 0.2) is 92.7 Å². The van der Waals surface area contributed by atoms with Gasteiger partial charge in [0.25, 0.3) is 0 Å². The van der Waals surface area contributed by atoms with E-state index in [4.69, 9.17) is 32.5 Å². The van der Waals surface area contributed by atoms with E-state index >= 15 is 0 Å². The van der Waals surface area contributed by atoms with Crippen molar-refractivity contribution >= 4 is 56.6 Å². The van der Waals surface area contributed by atoms with Crippen LogP contribution in [0, 0.1) is 0 Å². The third-order valence-electron chi connectivity index (χ3n) is 12.6. The highest BCUT2D eigenvalue weighted by Gasteiger charge is 2.53. The first kappa shape index (κ1) is 50.4. The maximum atomic E-state index is 14.9. The van der Waals surface area contributed by atoms with Crippen LogP contribution in [0.1, 0.15) is 41.4 Å². The Morgan fingerprint density at radius 2 is 0.974 bits per heavy atom. The fourth-order valence-electron chi connectivity index (χ4n) is 9.00. The van der Waals surface area contributed by atoms with E-state index in [0.717, 1.165) is 0 Å². The standard InChI is InChI=1S/C48H30O30/c49-13-1-8(2-14(50)27(13)55)42(66)78-48-37(65)41(38-19(73-48)7-72-43(67)9-3-15(51)28(56)32(60)20(9)21-10(44(68)74-38)4-16(52)29(57)33(21)61)77-45(69)11-5-17(53)30(58)34(62)22(11)24-26-25-23-12(46(70)75-40(25)36(64)35(24)63)6-18(54)31(59)39(23)76-47(26)71/h1-6,19,37-38,41,48-65H,7H2/t19-,37-,38-,41-,48+/m1/s1. The van der Waals surface area contributed by atoms with Gasteiger partial charge in [0.1, 0.15) is 12.7 Å². The van der Waals surface area contributed by atoms with E-state index in [2.05, 4.69) is 0 Å². The second-order valence-corrected chi connectivity index (χ2v) is 17.1. The molecule has 2 aliphatic heterocycles. The minimum Gasteiger partial charge on any atom is -0.504 e. The van der Waals surface area contributed by atoms with E-state index in [1.54, 1.807) is 0 Å². The molecule has 30 heteroatoms. The molecule has 0 radical (unpaired) electrons. The summed E-state index contributed by atoms with van der Waals surface area (Å²) in [4.78, 5) is 84.0. The third kappa shape index (κ3) is 7.34. The van der Waals surface area contributed by atoms with Gasteiger partial charge in [0, 0.05) is 33.0 Å². The Balaban J connectivity index is 1.17. The van der Waals surface area contributed by atoms with E-state index in [-0.39, 0.29) is 6.07 Å². The van der Waals surface area contributed by atoms with Gasteiger partial charge in [-0.1, -0.05) is 0 Å². The van der Waals surface area contributed by atoms with Gasteiger partial charge in [-0.15, -0.1) is 0 Å². The summed E-state index contributed by atoms with van der Waals surface area (Å²) in [7, 11) is 0. The Morgan fingerprint density at radius 1 is 0.474 bits per heavy atom. The fourth-order valence-corrected chi connectivity index (χ4v) is 9.00. The summed E-state index contributed by atoms with van der Waals surface area (Å²) in [5.74, 6) is -28.6. The monoisotopic (exact) mass is 1090 g/mol. The summed E-state index contributed by atoms with van der Waals surface area (Å²) in [6.45, 7) is -1.33. The van der Waals surface area contributed by atoms with E-state index in [0.29, 0.717) is 30.3 Å². The Kier molecular flexibility index (Phi) is 11.3. The molecule has 17 N–H and O–H groups in total. The smallest absolute Gasteiger partial charge is 0.345 e. The number of phenolic OH excluding ortho intramolecular Hbond substituents is 16. The van der Waals surface area contributed by atoms with Crippen molar-refractivity contribution in [2.45, 2.75) is 30.7 Å². The average molecular weight is 1090 g/mol. The van der Waals surface area contributed by atoms with Crippen LogP contribution >= 0.6 is 0 Å². The molecule has 8 aromatic rings. The number of rotatable bonds is 5. The quantitative estimate of drug-likeness (QED) is 0.0385. The summed E-state index contributed by atoms with van der Waals surface area (Å²) in [6.07, 6.45) is -12.8. The average Bonchev–Trinajstić information content (AvgIpc) is 3.53. The molecule has 0 amide bonds. The highest BCUT2D eigenvalue weighted by molar-refractivity contribution is 6.26. The number of phenols is 16. The predicted octanol–water partition coefficient (Wildman–Crippen LogP) is 1.98. The Morgan fingerprint density at radius 3 is 1.58 bits per heavy atom. The number of hydrogen-bond donors (Lipinski definition) is 17. The third-order valence-corrected chi connectivity index (χ3v) is 12.6. The van der Waals surface area contributed by atoms with Crippen LogP contribution in [0.15, 0.2) is 54.8 Å². The SMILES string of the molecule is O=C(O[C@@H]1O[C@@H]2COC(=O)c3cc(O)c(O)c(O)c3-c3c(cc(O)c(O)c3O)C(=O)O[C@H]2[C@H](OC(=O)c2cc(O)c(O)c(O)c2-c2c(O)c(O)c3oc(=O)c4cc(O)c(O)c5oc(=O)c2c3c54)[C@H]1O)c1cc(O)c(O)c(O)c1. The molecule has 2 aliphatic rings. The maximum Gasteiger partial charge on any atom is 0.345 e. The number of ether oxygens (including phenoxy) is 5. The maximum absolute atomic E-state index is 14.9. The zero-order valence-corrected chi connectivity index (χ0v) is 38.0. The number of esters is 4. The van der Waals surface area contributed by atoms with Crippen LogP contribution in [-0.2, 0) is 23.7 Å². The fraction of sp³-hybridized carbons (Fsp3) is 0.125. The van der Waals surface area contributed by atoms with Crippen LogP contribution in [0.2, 0.25) is 0 Å². The van der Waals surface area contributed by atoms with Crippen molar-refractivity contribution in [3.05, 3.63) is 79.5 Å². The summed E-state index contributed by atoms with van der Waals surface area (Å²) in [5.41, 5.74) is -14.0. The Hall–Kier alpha value is -11.1. The van der Waals surface area contributed by atoms with Crippen molar-refractivity contribution in [2.75, 3.05) is 6.61 Å². The van der Waals surface area contributed by atoms with Gasteiger partial charge in [-0.2, -0.15) is 0 Å². The summed E-state index contributed by atoms with van der Waals surface area (Å²) < 4.78 is 38.0. The topological polar surface area (TPSA) is 519 Å². The molecule has 0 saturated carbocycles. The lowest BCUT2D eigenvalue weighted by atomic mass is 9.90. The lowest BCUT2D eigenvalue weighted by molar-refractivity contribution is -0.283. The zero-order valence-electron chi connectivity index (χ0n) is 38.0. The summed E-state index contributed by atoms with van der Waals surface area (Å²) in [6, 6.07) is 2.83. The second kappa shape index (κ2) is 17.5. The molecule has 0 unspecified atom stereocenters. The molecule has 1 saturated heterocycles. The van der Waals surface area contributed by atoms with E-state index in [9.17, 15) is 116 Å². The lowest BCUT2D eigenvalue weighted by Gasteiger charge is -2.42. The molecule has 402 valence electrons. The number of fused-ring (bicyclic) bond motifs is 4. The molecule has 4 heterocycles. The van der Waals surface area contributed by atoms with Crippen LogP contribution < -0.4 is 11.3 Å². The Labute approximate surface area is 425 Å². The normalized spacial score (nSPS) is 18.3. The molecule has 0 spiro atoms. The van der Waals surface area contributed by atoms with Gasteiger partial charge in [-0.3, -0.25) is 0 Å². The number of cyclic esters (lactones) is 1.